The van der Waals surface area contributed by atoms with E-state index in [4.69, 9.17) is 27.9 Å². The third-order valence-electron chi connectivity index (χ3n) is 3.05. The van der Waals surface area contributed by atoms with Crippen LogP contribution in [0.2, 0.25) is 10.0 Å². The van der Waals surface area contributed by atoms with Crippen molar-refractivity contribution >= 4 is 34.9 Å². The second-order valence-electron chi connectivity index (χ2n) is 4.85. The number of halogens is 2. The Labute approximate surface area is 127 Å². The van der Waals surface area contributed by atoms with Gasteiger partial charge in [0.15, 0.2) is 12.4 Å². The van der Waals surface area contributed by atoms with E-state index in [1.165, 1.54) is 31.9 Å². The maximum atomic E-state index is 11.6. The van der Waals surface area contributed by atoms with Crippen LogP contribution >= 0.6 is 23.2 Å². The molecule has 1 saturated carbocycles. The third kappa shape index (κ3) is 4.12. The molecular formula is C14H15Cl2NO3. The van der Waals surface area contributed by atoms with Gasteiger partial charge in [-0.05, 0) is 31.7 Å². The Morgan fingerprint density at radius 3 is 2.55 bits per heavy atom. The fourth-order valence-electron chi connectivity index (χ4n) is 1.70. The van der Waals surface area contributed by atoms with Gasteiger partial charge in [0.2, 0.25) is 0 Å². The minimum atomic E-state index is -0.211. The Kier molecular flexibility index (Phi) is 4.89. The molecule has 0 radical (unpaired) electrons. The highest BCUT2D eigenvalue weighted by molar-refractivity contribution is 6.42. The van der Waals surface area contributed by atoms with Crippen molar-refractivity contribution in [1.29, 1.82) is 0 Å². The van der Waals surface area contributed by atoms with Gasteiger partial charge in [0.1, 0.15) is 5.75 Å². The number of ether oxygens (including phenoxy) is 1. The van der Waals surface area contributed by atoms with Gasteiger partial charge < -0.3 is 10.1 Å². The van der Waals surface area contributed by atoms with Gasteiger partial charge >= 0.3 is 0 Å². The number of nitrogens with one attached hydrogen (secondary N) is 1. The van der Waals surface area contributed by atoms with Crippen LogP contribution < -0.4 is 10.1 Å². The van der Waals surface area contributed by atoms with Crippen LogP contribution in [0.15, 0.2) is 12.1 Å². The molecule has 1 amide bonds. The predicted molar refractivity (Wildman–Crippen MR) is 77.7 cm³/mol. The average Bonchev–Trinajstić information content (AvgIpc) is 3.21. The predicted octanol–water partition coefficient (Wildman–Crippen LogP) is 3.10. The van der Waals surface area contributed by atoms with Crippen molar-refractivity contribution in [2.24, 2.45) is 5.92 Å². The minimum absolute atomic E-state index is 0.148. The molecule has 1 N–H and O–H groups in total. The summed E-state index contributed by atoms with van der Waals surface area (Å²) in [6.45, 7) is 1.94. The molecule has 1 aliphatic rings. The van der Waals surface area contributed by atoms with Crippen LogP contribution in [-0.2, 0) is 4.79 Å². The van der Waals surface area contributed by atoms with Crippen LogP contribution in [0.5, 0.6) is 5.75 Å². The minimum Gasteiger partial charge on any atom is -0.483 e. The van der Waals surface area contributed by atoms with E-state index in [2.05, 4.69) is 5.32 Å². The van der Waals surface area contributed by atoms with E-state index >= 15 is 0 Å². The molecule has 1 fully saturated rings. The summed E-state index contributed by atoms with van der Waals surface area (Å²) in [5, 5.41) is 3.34. The number of hydrogen-bond acceptors (Lipinski definition) is 3. The molecule has 2 rings (SSSR count). The lowest BCUT2D eigenvalue weighted by Gasteiger charge is -2.11. The molecule has 1 aliphatic carbocycles. The smallest absolute Gasteiger partial charge is 0.257 e. The summed E-state index contributed by atoms with van der Waals surface area (Å²) in [4.78, 5) is 23.1. The number of amides is 1. The molecule has 0 aliphatic heterocycles. The summed E-state index contributed by atoms with van der Waals surface area (Å²) in [6, 6.07) is 2.90. The topological polar surface area (TPSA) is 55.4 Å². The highest BCUT2D eigenvalue weighted by Gasteiger charge is 2.21. The van der Waals surface area contributed by atoms with E-state index in [0.717, 1.165) is 0 Å². The van der Waals surface area contributed by atoms with Crippen LogP contribution in [-0.4, -0.2) is 24.8 Å². The van der Waals surface area contributed by atoms with Gasteiger partial charge in [-0.3, -0.25) is 9.59 Å². The summed E-state index contributed by atoms with van der Waals surface area (Å²) < 4.78 is 5.37. The van der Waals surface area contributed by atoms with E-state index in [0.29, 0.717) is 18.0 Å². The Hall–Kier alpha value is -1.26. The Morgan fingerprint density at radius 1 is 1.30 bits per heavy atom. The van der Waals surface area contributed by atoms with Crippen molar-refractivity contribution < 1.29 is 14.3 Å². The summed E-state index contributed by atoms with van der Waals surface area (Å²) in [5.41, 5.74) is 0.314. The summed E-state index contributed by atoms with van der Waals surface area (Å²) in [5.74, 6) is 0.472. The molecule has 1 aromatic rings. The van der Waals surface area contributed by atoms with Crippen molar-refractivity contribution in [2.45, 2.75) is 19.8 Å². The molecule has 0 saturated heterocycles. The van der Waals surface area contributed by atoms with Gasteiger partial charge in [-0.25, -0.2) is 0 Å². The number of carbonyl (C=O) groups excluding carboxylic acids is 2. The lowest BCUT2D eigenvalue weighted by molar-refractivity contribution is -0.123. The van der Waals surface area contributed by atoms with Crippen molar-refractivity contribution in [1.82, 2.24) is 5.32 Å². The number of benzene rings is 1. The fourth-order valence-corrected chi connectivity index (χ4v) is 2.01. The molecule has 0 bridgehead atoms. The first-order valence-electron chi connectivity index (χ1n) is 6.37. The van der Waals surface area contributed by atoms with E-state index in [1.54, 1.807) is 0 Å². The largest absolute Gasteiger partial charge is 0.483 e. The zero-order valence-electron chi connectivity index (χ0n) is 11.0. The monoisotopic (exact) mass is 315 g/mol. The SMILES string of the molecule is CC(=O)c1cc(Cl)c(Cl)cc1OCC(=O)NCC1CC1. The van der Waals surface area contributed by atoms with Gasteiger partial charge in [0.05, 0.1) is 15.6 Å². The molecule has 0 atom stereocenters. The number of carbonyl (C=O) groups is 2. The maximum Gasteiger partial charge on any atom is 0.257 e. The lowest BCUT2D eigenvalue weighted by atomic mass is 10.1. The molecular weight excluding hydrogens is 301 g/mol. The lowest BCUT2D eigenvalue weighted by Crippen LogP contribution is -2.30. The van der Waals surface area contributed by atoms with E-state index in [-0.39, 0.29) is 34.1 Å². The second-order valence-corrected chi connectivity index (χ2v) is 5.67. The van der Waals surface area contributed by atoms with Crippen molar-refractivity contribution in [3.8, 4) is 5.75 Å². The van der Waals surface area contributed by atoms with E-state index < -0.39 is 0 Å². The van der Waals surface area contributed by atoms with Crippen LogP contribution in [0.1, 0.15) is 30.1 Å². The third-order valence-corrected chi connectivity index (χ3v) is 3.77. The maximum absolute atomic E-state index is 11.6. The van der Waals surface area contributed by atoms with E-state index in [1.807, 2.05) is 0 Å². The standard InChI is InChI=1S/C14H15Cl2NO3/c1-8(18)10-4-11(15)12(16)5-13(10)20-7-14(19)17-6-9-2-3-9/h4-5,9H,2-3,6-7H2,1H3,(H,17,19). The second kappa shape index (κ2) is 6.46. The van der Waals surface area contributed by atoms with Crippen molar-refractivity contribution in [3.05, 3.63) is 27.7 Å². The normalized spacial score (nSPS) is 13.9. The first-order valence-corrected chi connectivity index (χ1v) is 7.12. The molecule has 0 heterocycles. The molecule has 0 unspecified atom stereocenters. The Morgan fingerprint density at radius 2 is 1.95 bits per heavy atom. The van der Waals surface area contributed by atoms with Gasteiger partial charge in [-0.1, -0.05) is 23.2 Å². The number of hydrogen-bond donors (Lipinski definition) is 1. The van der Waals surface area contributed by atoms with Gasteiger partial charge in [0, 0.05) is 12.6 Å². The number of ketones is 1. The van der Waals surface area contributed by atoms with Crippen molar-refractivity contribution in [2.75, 3.05) is 13.2 Å². The molecule has 0 spiro atoms. The highest BCUT2D eigenvalue weighted by atomic mass is 35.5. The molecule has 4 nitrogen and oxygen atoms in total. The number of Topliss-reactive ketones (excluding diaryl/α,β-unsaturated/α-hetero) is 1. The Bertz CT molecular complexity index is 541. The van der Waals surface area contributed by atoms with Gasteiger partial charge in [-0.2, -0.15) is 0 Å². The van der Waals surface area contributed by atoms with Crippen LogP contribution in [0, 0.1) is 5.92 Å². The molecule has 108 valence electrons. The van der Waals surface area contributed by atoms with E-state index in [9.17, 15) is 9.59 Å². The van der Waals surface area contributed by atoms with Gasteiger partial charge in [0.25, 0.3) is 5.91 Å². The quantitative estimate of drug-likeness (QED) is 0.821. The summed E-state index contributed by atoms with van der Waals surface area (Å²) in [6.07, 6.45) is 2.34. The first-order chi connectivity index (χ1) is 9.47. The zero-order valence-corrected chi connectivity index (χ0v) is 12.6. The molecule has 6 heteroatoms. The number of rotatable bonds is 6. The zero-order chi connectivity index (χ0) is 14.7. The first kappa shape index (κ1) is 15.1. The van der Waals surface area contributed by atoms with Crippen LogP contribution in [0.4, 0.5) is 0 Å². The van der Waals surface area contributed by atoms with Gasteiger partial charge in [-0.15, -0.1) is 0 Å². The van der Waals surface area contributed by atoms with Crippen molar-refractivity contribution in [3.63, 3.8) is 0 Å². The fraction of sp³-hybridized carbons (Fsp3) is 0.429. The molecule has 1 aromatic carbocycles. The average molecular weight is 316 g/mol. The van der Waals surface area contributed by atoms with Crippen LogP contribution in [0.25, 0.3) is 0 Å². The van der Waals surface area contributed by atoms with Crippen LogP contribution in [0.3, 0.4) is 0 Å². The summed E-state index contributed by atoms with van der Waals surface area (Å²) >= 11 is 11.8. The summed E-state index contributed by atoms with van der Waals surface area (Å²) in [7, 11) is 0. The Balaban J connectivity index is 1.98. The highest BCUT2D eigenvalue weighted by Crippen LogP contribution is 2.31. The molecule has 20 heavy (non-hydrogen) atoms. The molecule has 0 aromatic heterocycles.